The van der Waals surface area contributed by atoms with Crippen LogP contribution in [0.15, 0.2) is 0 Å². The largest absolute Gasteiger partial charge is 0.481 e. The number of carbonyl (C=O) groups is 3. The lowest BCUT2D eigenvalue weighted by molar-refractivity contribution is -0.165. The highest BCUT2D eigenvalue weighted by atomic mass is 16.7. The molecule has 0 heterocycles. The van der Waals surface area contributed by atoms with E-state index in [1.807, 2.05) is 0 Å². The molecule has 0 aromatic heterocycles. The van der Waals surface area contributed by atoms with Crippen molar-refractivity contribution < 1.29 is 29.0 Å². The van der Waals surface area contributed by atoms with Crippen molar-refractivity contribution in [3.8, 4) is 0 Å². The van der Waals surface area contributed by atoms with Crippen LogP contribution in [-0.2, 0) is 23.9 Å². The molecular weight excluding hydrogens is 204 g/mol. The zero-order valence-corrected chi connectivity index (χ0v) is 8.52. The maximum atomic E-state index is 10.9. The molecule has 6 heteroatoms. The molecule has 0 aromatic carbocycles. The van der Waals surface area contributed by atoms with Crippen molar-refractivity contribution in [2.75, 3.05) is 6.79 Å². The highest BCUT2D eigenvalue weighted by Gasteiger charge is 2.04. The van der Waals surface area contributed by atoms with Crippen molar-refractivity contribution in [1.29, 1.82) is 0 Å². The fraction of sp³-hybridized carbons (Fsp3) is 0.667. The van der Waals surface area contributed by atoms with Gasteiger partial charge in [-0.3, -0.25) is 14.4 Å². The van der Waals surface area contributed by atoms with Gasteiger partial charge in [-0.25, -0.2) is 0 Å². The molecule has 15 heavy (non-hydrogen) atoms. The lowest BCUT2D eigenvalue weighted by Gasteiger charge is -2.03. The fourth-order valence-electron chi connectivity index (χ4n) is 0.796. The fourth-order valence-corrected chi connectivity index (χ4v) is 0.796. The molecule has 0 aliphatic carbocycles. The summed E-state index contributed by atoms with van der Waals surface area (Å²) in [6.45, 7) is 0.827. The van der Waals surface area contributed by atoms with Crippen molar-refractivity contribution in [2.24, 2.45) is 0 Å². The highest BCUT2D eigenvalue weighted by Crippen LogP contribution is 2.01. The van der Waals surface area contributed by atoms with Crippen LogP contribution in [0.25, 0.3) is 0 Å². The van der Waals surface area contributed by atoms with Crippen molar-refractivity contribution in [2.45, 2.75) is 32.6 Å². The normalized spacial score (nSPS) is 9.40. The van der Waals surface area contributed by atoms with Gasteiger partial charge < -0.3 is 14.6 Å². The molecule has 0 aliphatic rings. The first-order valence-corrected chi connectivity index (χ1v) is 4.53. The van der Waals surface area contributed by atoms with Gasteiger partial charge in [-0.05, 0) is 12.8 Å². The van der Waals surface area contributed by atoms with Gasteiger partial charge in [0, 0.05) is 19.8 Å². The average Bonchev–Trinajstić information content (AvgIpc) is 2.11. The highest BCUT2D eigenvalue weighted by molar-refractivity contribution is 5.70. The summed E-state index contributed by atoms with van der Waals surface area (Å²) < 4.78 is 8.91. The third kappa shape index (κ3) is 10.3. The summed E-state index contributed by atoms with van der Waals surface area (Å²) in [5.41, 5.74) is 0. The van der Waals surface area contributed by atoms with E-state index in [1.54, 1.807) is 0 Å². The Morgan fingerprint density at radius 1 is 1.07 bits per heavy atom. The maximum absolute atomic E-state index is 10.9. The maximum Gasteiger partial charge on any atom is 0.308 e. The van der Waals surface area contributed by atoms with Crippen LogP contribution in [0.2, 0.25) is 0 Å². The molecular formula is C9H14O6. The molecule has 0 unspecified atom stereocenters. The SMILES string of the molecule is CC(=O)OCOC(=O)CCCCC(=O)O. The Morgan fingerprint density at radius 3 is 2.20 bits per heavy atom. The summed E-state index contributed by atoms with van der Waals surface area (Å²) >= 11 is 0. The van der Waals surface area contributed by atoms with Gasteiger partial charge in [0.15, 0.2) is 0 Å². The number of ether oxygens (including phenoxy) is 2. The van der Waals surface area contributed by atoms with Gasteiger partial charge >= 0.3 is 17.9 Å². The minimum absolute atomic E-state index is 0.0389. The Kier molecular flexibility index (Phi) is 6.96. The van der Waals surface area contributed by atoms with Crippen LogP contribution < -0.4 is 0 Å². The summed E-state index contributed by atoms with van der Waals surface area (Å²) in [5, 5.41) is 8.31. The summed E-state index contributed by atoms with van der Waals surface area (Å²) in [6.07, 6.45) is 1.05. The Labute approximate surface area is 87.2 Å². The Hall–Kier alpha value is -1.59. The minimum Gasteiger partial charge on any atom is -0.481 e. The van der Waals surface area contributed by atoms with Gasteiger partial charge in [-0.15, -0.1) is 0 Å². The third-order valence-corrected chi connectivity index (χ3v) is 1.50. The molecule has 0 bridgehead atoms. The number of carboxylic acid groups (broad SMARTS) is 1. The lowest BCUT2D eigenvalue weighted by Crippen LogP contribution is -2.10. The summed E-state index contributed by atoms with van der Waals surface area (Å²) in [5.74, 6) is -1.90. The molecule has 1 N–H and O–H groups in total. The number of rotatable bonds is 7. The molecule has 0 amide bonds. The van der Waals surface area contributed by atoms with Gasteiger partial charge in [-0.1, -0.05) is 0 Å². The van der Waals surface area contributed by atoms with Gasteiger partial charge in [0.05, 0.1) is 0 Å². The number of hydrogen-bond donors (Lipinski definition) is 1. The van der Waals surface area contributed by atoms with E-state index in [-0.39, 0.29) is 19.6 Å². The summed E-state index contributed by atoms with van der Waals surface area (Å²) in [7, 11) is 0. The standard InChI is InChI=1S/C9H14O6/c1-7(10)14-6-15-9(13)5-3-2-4-8(11)12/h2-6H2,1H3,(H,11,12). The van der Waals surface area contributed by atoms with E-state index >= 15 is 0 Å². The summed E-state index contributed by atoms with van der Waals surface area (Å²) in [4.78, 5) is 31.3. The molecule has 0 rings (SSSR count). The molecule has 0 radical (unpaired) electrons. The monoisotopic (exact) mass is 218 g/mol. The molecule has 86 valence electrons. The smallest absolute Gasteiger partial charge is 0.308 e. The van der Waals surface area contributed by atoms with E-state index in [2.05, 4.69) is 9.47 Å². The van der Waals surface area contributed by atoms with Crippen LogP contribution >= 0.6 is 0 Å². The average molecular weight is 218 g/mol. The zero-order valence-electron chi connectivity index (χ0n) is 8.52. The molecule has 0 saturated heterocycles. The van der Waals surface area contributed by atoms with Crippen LogP contribution in [0.4, 0.5) is 0 Å². The van der Waals surface area contributed by atoms with Gasteiger partial charge in [0.25, 0.3) is 0 Å². The second-order valence-corrected chi connectivity index (χ2v) is 2.87. The van der Waals surface area contributed by atoms with E-state index in [0.29, 0.717) is 12.8 Å². The van der Waals surface area contributed by atoms with Crippen molar-refractivity contribution in [3.05, 3.63) is 0 Å². The number of esters is 2. The van der Waals surface area contributed by atoms with Crippen LogP contribution in [0.5, 0.6) is 0 Å². The number of carboxylic acids is 1. The van der Waals surface area contributed by atoms with E-state index in [9.17, 15) is 14.4 Å². The Morgan fingerprint density at radius 2 is 1.67 bits per heavy atom. The van der Waals surface area contributed by atoms with E-state index < -0.39 is 17.9 Å². The topological polar surface area (TPSA) is 89.9 Å². The number of aliphatic carboxylic acids is 1. The predicted octanol–water partition coefficient (Wildman–Crippen LogP) is 0.695. The summed E-state index contributed by atoms with van der Waals surface area (Å²) in [6, 6.07) is 0. The van der Waals surface area contributed by atoms with Crippen LogP contribution in [0, 0.1) is 0 Å². The molecule has 0 aromatic rings. The first-order chi connectivity index (χ1) is 7.02. The van der Waals surface area contributed by atoms with E-state index in [1.165, 1.54) is 6.92 Å². The first kappa shape index (κ1) is 13.4. The minimum atomic E-state index is -0.886. The van der Waals surface area contributed by atoms with Crippen LogP contribution in [0.3, 0.4) is 0 Å². The lowest BCUT2D eigenvalue weighted by atomic mass is 10.2. The van der Waals surface area contributed by atoms with Crippen molar-refractivity contribution in [1.82, 2.24) is 0 Å². The third-order valence-electron chi connectivity index (χ3n) is 1.50. The quantitative estimate of drug-likeness (QED) is 0.384. The molecule has 0 fully saturated rings. The molecule has 0 saturated carbocycles. The zero-order chi connectivity index (χ0) is 11.7. The second-order valence-electron chi connectivity index (χ2n) is 2.87. The number of hydrogen-bond acceptors (Lipinski definition) is 5. The predicted molar refractivity (Wildman–Crippen MR) is 48.8 cm³/mol. The van der Waals surface area contributed by atoms with Gasteiger partial charge in [0.1, 0.15) is 0 Å². The molecule has 0 spiro atoms. The van der Waals surface area contributed by atoms with Gasteiger partial charge in [0.2, 0.25) is 6.79 Å². The van der Waals surface area contributed by atoms with E-state index in [0.717, 1.165) is 0 Å². The van der Waals surface area contributed by atoms with Crippen molar-refractivity contribution in [3.63, 3.8) is 0 Å². The van der Waals surface area contributed by atoms with Crippen LogP contribution in [-0.4, -0.2) is 29.8 Å². The Balaban J connectivity index is 3.33. The second kappa shape index (κ2) is 7.78. The molecule has 0 atom stereocenters. The van der Waals surface area contributed by atoms with Crippen molar-refractivity contribution >= 4 is 17.9 Å². The molecule has 6 nitrogen and oxygen atoms in total. The first-order valence-electron chi connectivity index (χ1n) is 4.53. The number of unbranched alkanes of at least 4 members (excludes halogenated alkanes) is 1. The number of carbonyl (C=O) groups excluding carboxylic acids is 2. The van der Waals surface area contributed by atoms with Gasteiger partial charge in [-0.2, -0.15) is 0 Å². The molecule has 0 aliphatic heterocycles. The van der Waals surface area contributed by atoms with E-state index in [4.69, 9.17) is 5.11 Å². The van der Waals surface area contributed by atoms with Crippen LogP contribution in [0.1, 0.15) is 32.6 Å². The Bertz CT molecular complexity index is 235.